The Morgan fingerprint density at radius 3 is 2.48 bits per heavy atom. The summed E-state index contributed by atoms with van der Waals surface area (Å²) in [6.07, 6.45) is 5.18. The minimum Gasteiger partial charge on any atom is -0.357 e. The Kier molecular flexibility index (Phi) is 7.30. The van der Waals surface area contributed by atoms with Gasteiger partial charge in [-0.2, -0.15) is 0 Å². The highest BCUT2D eigenvalue weighted by molar-refractivity contribution is 5.79. The van der Waals surface area contributed by atoms with Gasteiger partial charge in [0.25, 0.3) is 0 Å². The highest BCUT2D eigenvalue weighted by Crippen LogP contribution is 2.15. The molecule has 0 spiro atoms. The molecule has 0 aromatic heterocycles. The number of nitrogens with one attached hydrogen (secondary N) is 2. The third-order valence-corrected chi connectivity index (χ3v) is 4.52. The van der Waals surface area contributed by atoms with Crippen molar-refractivity contribution >= 4 is 5.96 Å². The van der Waals surface area contributed by atoms with E-state index in [0.717, 1.165) is 25.6 Å². The predicted molar refractivity (Wildman–Crippen MR) is 89.9 cm³/mol. The van der Waals surface area contributed by atoms with Crippen LogP contribution in [0, 0.1) is 0 Å². The first-order valence-corrected chi connectivity index (χ1v) is 8.82. The number of nitrogens with zero attached hydrogens (tertiary/aromatic N) is 3. The molecule has 122 valence electrons. The molecule has 1 unspecified atom stereocenters. The Balaban J connectivity index is 1.72. The number of hydrogen-bond donors (Lipinski definition) is 2. The molecule has 3 heterocycles. The van der Waals surface area contributed by atoms with E-state index in [1.165, 1.54) is 58.4 Å². The Bertz CT molecular complexity index is 310. The van der Waals surface area contributed by atoms with Gasteiger partial charge in [-0.15, -0.1) is 0 Å². The molecule has 0 aromatic carbocycles. The normalized spacial score (nSPS) is 28.7. The Morgan fingerprint density at radius 2 is 1.86 bits per heavy atom. The molecule has 0 amide bonds. The summed E-state index contributed by atoms with van der Waals surface area (Å²) in [5, 5.41) is 6.83. The molecule has 2 bridgehead atoms. The van der Waals surface area contributed by atoms with Gasteiger partial charge in [0.2, 0.25) is 0 Å². The van der Waals surface area contributed by atoms with Crippen LogP contribution in [-0.4, -0.2) is 74.2 Å². The van der Waals surface area contributed by atoms with E-state index in [1.807, 2.05) is 0 Å². The lowest BCUT2D eigenvalue weighted by Crippen LogP contribution is -2.62. The van der Waals surface area contributed by atoms with Crippen LogP contribution in [0.5, 0.6) is 0 Å². The van der Waals surface area contributed by atoms with E-state index in [4.69, 9.17) is 4.99 Å². The SMILES string of the molecule is CCCCCCNC(=NCC1CN2CCN1CC2)NCC. The maximum Gasteiger partial charge on any atom is 0.191 e. The van der Waals surface area contributed by atoms with Crippen molar-refractivity contribution in [3.8, 4) is 0 Å². The summed E-state index contributed by atoms with van der Waals surface area (Å²) < 4.78 is 0. The standard InChI is InChI=1S/C16H33N5/c1-3-5-6-7-8-18-16(17-4-2)19-13-15-14-20-9-11-21(15)12-10-20/h15H,3-14H2,1-2H3,(H2,17,18,19). The molecule has 3 aliphatic heterocycles. The maximum absolute atomic E-state index is 4.80. The van der Waals surface area contributed by atoms with Crippen molar-refractivity contribution in [2.45, 2.75) is 45.6 Å². The molecular weight excluding hydrogens is 262 g/mol. The molecule has 2 N–H and O–H groups in total. The third-order valence-electron chi connectivity index (χ3n) is 4.52. The van der Waals surface area contributed by atoms with Crippen molar-refractivity contribution in [2.24, 2.45) is 4.99 Å². The molecule has 0 saturated carbocycles. The zero-order valence-electron chi connectivity index (χ0n) is 13.9. The highest BCUT2D eigenvalue weighted by atomic mass is 15.3. The summed E-state index contributed by atoms with van der Waals surface area (Å²) in [6.45, 7) is 13.4. The summed E-state index contributed by atoms with van der Waals surface area (Å²) in [6, 6.07) is 0.614. The lowest BCUT2D eigenvalue weighted by molar-refractivity contribution is 0.0174. The summed E-state index contributed by atoms with van der Waals surface area (Å²) >= 11 is 0. The van der Waals surface area contributed by atoms with Gasteiger partial charge in [0.05, 0.1) is 6.54 Å². The fraction of sp³-hybridized carbons (Fsp3) is 0.938. The van der Waals surface area contributed by atoms with Gasteiger partial charge in [0.15, 0.2) is 5.96 Å². The van der Waals surface area contributed by atoms with Crippen LogP contribution in [0.25, 0.3) is 0 Å². The third kappa shape index (κ3) is 5.47. The van der Waals surface area contributed by atoms with Gasteiger partial charge in [-0.25, -0.2) is 0 Å². The van der Waals surface area contributed by atoms with Gasteiger partial charge >= 0.3 is 0 Å². The van der Waals surface area contributed by atoms with Crippen LogP contribution in [0.3, 0.4) is 0 Å². The van der Waals surface area contributed by atoms with Crippen LogP contribution in [0.4, 0.5) is 0 Å². The Morgan fingerprint density at radius 1 is 1.05 bits per heavy atom. The van der Waals surface area contributed by atoms with Crippen molar-refractivity contribution in [2.75, 3.05) is 52.4 Å². The molecular formula is C16H33N5. The Hall–Kier alpha value is -0.810. The van der Waals surface area contributed by atoms with Crippen LogP contribution >= 0.6 is 0 Å². The number of fused-ring (bicyclic) bond motifs is 3. The van der Waals surface area contributed by atoms with Crippen molar-refractivity contribution in [1.29, 1.82) is 0 Å². The molecule has 5 heteroatoms. The van der Waals surface area contributed by atoms with Crippen molar-refractivity contribution < 1.29 is 0 Å². The highest BCUT2D eigenvalue weighted by Gasteiger charge is 2.31. The van der Waals surface area contributed by atoms with Crippen LogP contribution in [0.2, 0.25) is 0 Å². The molecule has 0 aromatic rings. The fourth-order valence-electron chi connectivity index (χ4n) is 3.19. The molecule has 0 radical (unpaired) electrons. The number of guanidine groups is 1. The summed E-state index contributed by atoms with van der Waals surface area (Å²) in [5.74, 6) is 0.992. The summed E-state index contributed by atoms with van der Waals surface area (Å²) in [7, 11) is 0. The summed E-state index contributed by atoms with van der Waals surface area (Å²) in [4.78, 5) is 9.98. The van der Waals surface area contributed by atoms with Crippen molar-refractivity contribution in [1.82, 2.24) is 20.4 Å². The topological polar surface area (TPSA) is 42.9 Å². The zero-order valence-corrected chi connectivity index (χ0v) is 13.9. The predicted octanol–water partition coefficient (Wildman–Crippen LogP) is 1.12. The van der Waals surface area contributed by atoms with E-state index in [9.17, 15) is 0 Å². The van der Waals surface area contributed by atoms with E-state index in [2.05, 4.69) is 34.3 Å². The van der Waals surface area contributed by atoms with Crippen LogP contribution in [0.15, 0.2) is 4.99 Å². The van der Waals surface area contributed by atoms with Gasteiger partial charge in [-0.3, -0.25) is 14.8 Å². The lowest BCUT2D eigenvalue weighted by atomic mass is 10.1. The molecule has 0 aliphatic carbocycles. The summed E-state index contributed by atoms with van der Waals surface area (Å²) in [5.41, 5.74) is 0. The molecule has 3 rings (SSSR count). The van der Waals surface area contributed by atoms with E-state index in [-0.39, 0.29) is 0 Å². The van der Waals surface area contributed by atoms with Gasteiger partial charge in [0, 0.05) is 51.9 Å². The average Bonchev–Trinajstić information content (AvgIpc) is 2.53. The van der Waals surface area contributed by atoms with Gasteiger partial charge in [-0.1, -0.05) is 26.2 Å². The first-order chi connectivity index (χ1) is 10.3. The van der Waals surface area contributed by atoms with Crippen LogP contribution < -0.4 is 10.6 Å². The second kappa shape index (κ2) is 9.26. The van der Waals surface area contributed by atoms with Crippen molar-refractivity contribution in [3.05, 3.63) is 0 Å². The Labute approximate surface area is 130 Å². The van der Waals surface area contributed by atoms with E-state index in [1.54, 1.807) is 0 Å². The average molecular weight is 295 g/mol. The lowest BCUT2D eigenvalue weighted by Gasteiger charge is -2.47. The fourth-order valence-corrected chi connectivity index (χ4v) is 3.19. The number of rotatable bonds is 8. The van der Waals surface area contributed by atoms with Gasteiger partial charge in [0.1, 0.15) is 0 Å². The second-order valence-corrected chi connectivity index (χ2v) is 6.20. The maximum atomic E-state index is 4.80. The molecule has 1 atom stereocenters. The zero-order chi connectivity index (χ0) is 14.9. The number of hydrogen-bond acceptors (Lipinski definition) is 3. The smallest absolute Gasteiger partial charge is 0.191 e. The second-order valence-electron chi connectivity index (χ2n) is 6.20. The number of piperazine rings is 3. The number of aliphatic imine (C=N–C) groups is 1. The van der Waals surface area contributed by atoms with E-state index < -0.39 is 0 Å². The first kappa shape index (κ1) is 16.6. The minimum atomic E-state index is 0.614. The molecule has 3 saturated heterocycles. The van der Waals surface area contributed by atoms with Crippen LogP contribution in [0.1, 0.15) is 39.5 Å². The molecule has 21 heavy (non-hydrogen) atoms. The number of unbranched alkanes of at least 4 members (excludes halogenated alkanes) is 3. The van der Waals surface area contributed by atoms with Crippen molar-refractivity contribution in [3.63, 3.8) is 0 Å². The van der Waals surface area contributed by atoms with Crippen LogP contribution in [-0.2, 0) is 0 Å². The molecule has 3 aliphatic rings. The monoisotopic (exact) mass is 295 g/mol. The largest absolute Gasteiger partial charge is 0.357 e. The van der Waals surface area contributed by atoms with Gasteiger partial charge in [-0.05, 0) is 13.3 Å². The van der Waals surface area contributed by atoms with E-state index in [0.29, 0.717) is 6.04 Å². The van der Waals surface area contributed by atoms with Gasteiger partial charge < -0.3 is 10.6 Å². The quantitative estimate of drug-likeness (QED) is 0.400. The molecule has 3 fully saturated rings. The molecule has 5 nitrogen and oxygen atoms in total. The minimum absolute atomic E-state index is 0.614. The first-order valence-electron chi connectivity index (χ1n) is 8.82. The van der Waals surface area contributed by atoms with E-state index >= 15 is 0 Å².